The summed E-state index contributed by atoms with van der Waals surface area (Å²) in [5.74, 6) is 1.27. The first-order valence-electron chi connectivity index (χ1n) is 7.39. The predicted octanol–water partition coefficient (Wildman–Crippen LogP) is 2.21. The Morgan fingerprint density at radius 2 is 2.05 bits per heavy atom. The van der Waals surface area contributed by atoms with Crippen LogP contribution in [0.25, 0.3) is 0 Å². The van der Waals surface area contributed by atoms with E-state index in [0.717, 1.165) is 25.1 Å². The summed E-state index contributed by atoms with van der Waals surface area (Å²) in [5.41, 5.74) is 7.93. The largest absolute Gasteiger partial charge is 0.491 e. The maximum atomic E-state index is 9.13. The van der Waals surface area contributed by atoms with Gasteiger partial charge in [-0.15, -0.1) is 0 Å². The summed E-state index contributed by atoms with van der Waals surface area (Å²) in [7, 11) is 0. The Hall–Kier alpha value is -1.26. The zero-order chi connectivity index (χ0) is 15.0. The maximum Gasteiger partial charge on any atom is 0.142 e. The first-order chi connectivity index (χ1) is 9.49. The van der Waals surface area contributed by atoms with Gasteiger partial charge in [-0.3, -0.25) is 0 Å². The van der Waals surface area contributed by atoms with Crippen LogP contribution in [0.4, 0.5) is 5.69 Å². The van der Waals surface area contributed by atoms with Crippen molar-refractivity contribution < 1.29 is 9.84 Å². The highest BCUT2D eigenvalue weighted by Gasteiger charge is 2.04. The van der Waals surface area contributed by atoms with Crippen molar-refractivity contribution in [2.24, 2.45) is 5.92 Å². The van der Waals surface area contributed by atoms with E-state index in [9.17, 15) is 0 Å². The highest BCUT2D eigenvalue weighted by molar-refractivity contribution is 5.54. The fourth-order valence-electron chi connectivity index (χ4n) is 1.87. The lowest BCUT2D eigenvalue weighted by molar-refractivity contribution is 0.191. The molecule has 0 amide bonds. The van der Waals surface area contributed by atoms with Gasteiger partial charge >= 0.3 is 0 Å². The molecule has 0 aliphatic heterocycles. The summed E-state index contributed by atoms with van der Waals surface area (Å²) in [5, 5.41) is 12.3. The molecule has 4 heteroatoms. The monoisotopic (exact) mass is 280 g/mol. The normalized spacial score (nSPS) is 12.7. The van der Waals surface area contributed by atoms with Crippen LogP contribution in [0.1, 0.15) is 32.8 Å². The van der Waals surface area contributed by atoms with E-state index >= 15 is 0 Å². The van der Waals surface area contributed by atoms with Crippen molar-refractivity contribution in [3.8, 4) is 5.75 Å². The molecule has 1 atom stereocenters. The molecular formula is C16H28N2O2. The number of ether oxygens (including phenoxy) is 1. The summed E-state index contributed by atoms with van der Waals surface area (Å²) < 4.78 is 5.66. The molecule has 1 aromatic carbocycles. The second kappa shape index (κ2) is 8.82. The van der Waals surface area contributed by atoms with Crippen LogP contribution in [0.3, 0.4) is 0 Å². The molecule has 1 unspecified atom stereocenters. The minimum absolute atomic E-state index is 0.289. The van der Waals surface area contributed by atoms with Gasteiger partial charge in [-0.2, -0.15) is 0 Å². The summed E-state index contributed by atoms with van der Waals surface area (Å²) in [6, 6.07) is 6.02. The van der Waals surface area contributed by atoms with Crippen LogP contribution in [0.15, 0.2) is 18.2 Å². The van der Waals surface area contributed by atoms with Gasteiger partial charge in [0.1, 0.15) is 5.75 Å². The fourth-order valence-corrected chi connectivity index (χ4v) is 1.87. The third-order valence-corrected chi connectivity index (χ3v) is 2.91. The van der Waals surface area contributed by atoms with E-state index in [2.05, 4.69) is 25.2 Å². The van der Waals surface area contributed by atoms with Crippen LogP contribution >= 0.6 is 0 Å². The highest BCUT2D eigenvalue weighted by Crippen LogP contribution is 2.23. The van der Waals surface area contributed by atoms with Crippen LogP contribution in [-0.4, -0.2) is 30.9 Å². The number of aliphatic hydroxyl groups excluding tert-OH is 1. The fraction of sp³-hybridized carbons (Fsp3) is 0.625. The van der Waals surface area contributed by atoms with Gasteiger partial charge in [0.15, 0.2) is 0 Å². The first kappa shape index (κ1) is 16.8. The van der Waals surface area contributed by atoms with Crippen LogP contribution in [0, 0.1) is 5.92 Å². The molecule has 20 heavy (non-hydrogen) atoms. The van der Waals surface area contributed by atoms with Crippen molar-refractivity contribution in [1.82, 2.24) is 5.32 Å². The zero-order valence-corrected chi connectivity index (χ0v) is 12.9. The smallest absolute Gasteiger partial charge is 0.142 e. The average Bonchev–Trinajstić information content (AvgIpc) is 2.36. The number of nitrogen functional groups attached to an aromatic ring is 1. The third-order valence-electron chi connectivity index (χ3n) is 2.91. The van der Waals surface area contributed by atoms with E-state index in [1.54, 1.807) is 6.92 Å². The lowest BCUT2D eigenvalue weighted by atomic mass is 10.1. The van der Waals surface area contributed by atoms with Crippen molar-refractivity contribution in [2.75, 3.05) is 25.4 Å². The number of anilines is 1. The number of aliphatic hydroxyl groups is 1. The number of nitrogens with one attached hydrogen (secondary N) is 1. The molecule has 0 saturated carbocycles. The average molecular weight is 280 g/mol. The zero-order valence-electron chi connectivity index (χ0n) is 12.9. The minimum Gasteiger partial charge on any atom is -0.491 e. The van der Waals surface area contributed by atoms with E-state index in [1.165, 1.54) is 5.56 Å². The number of rotatable bonds is 9. The number of hydrogen-bond donors (Lipinski definition) is 3. The summed E-state index contributed by atoms with van der Waals surface area (Å²) in [4.78, 5) is 0. The Labute approximate surface area is 122 Å². The van der Waals surface area contributed by atoms with Gasteiger partial charge in [-0.25, -0.2) is 0 Å². The van der Waals surface area contributed by atoms with E-state index in [1.807, 2.05) is 12.1 Å². The molecule has 0 bridgehead atoms. The van der Waals surface area contributed by atoms with Gasteiger partial charge in [-0.1, -0.05) is 19.9 Å². The van der Waals surface area contributed by atoms with Crippen LogP contribution in [0.5, 0.6) is 5.75 Å². The van der Waals surface area contributed by atoms with Crippen molar-refractivity contribution in [3.63, 3.8) is 0 Å². The molecule has 0 heterocycles. The Morgan fingerprint density at radius 3 is 2.65 bits per heavy atom. The number of benzene rings is 1. The topological polar surface area (TPSA) is 67.5 Å². The molecule has 0 spiro atoms. The van der Waals surface area contributed by atoms with Gasteiger partial charge in [-0.05, 0) is 49.9 Å². The van der Waals surface area contributed by atoms with Gasteiger partial charge in [0.05, 0.1) is 18.4 Å². The van der Waals surface area contributed by atoms with Crippen molar-refractivity contribution in [1.29, 1.82) is 0 Å². The minimum atomic E-state index is -0.289. The predicted molar refractivity (Wildman–Crippen MR) is 84.1 cm³/mol. The van der Waals surface area contributed by atoms with Crippen LogP contribution < -0.4 is 15.8 Å². The third kappa shape index (κ3) is 6.78. The van der Waals surface area contributed by atoms with E-state index in [0.29, 0.717) is 24.8 Å². The maximum absolute atomic E-state index is 9.13. The second-order valence-corrected chi connectivity index (χ2v) is 5.73. The molecule has 1 aromatic rings. The van der Waals surface area contributed by atoms with Gasteiger partial charge in [0.25, 0.3) is 0 Å². The second-order valence-electron chi connectivity index (χ2n) is 5.73. The highest BCUT2D eigenvalue weighted by atomic mass is 16.5. The quantitative estimate of drug-likeness (QED) is 0.479. The van der Waals surface area contributed by atoms with Gasteiger partial charge in [0, 0.05) is 6.54 Å². The Balaban J connectivity index is 2.35. The molecule has 0 aromatic heterocycles. The molecule has 0 saturated heterocycles. The number of nitrogens with two attached hydrogens (primary N) is 1. The molecule has 114 valence electrons. The summed E-state index contributed by atoms with van der Waals surface area (Å²) in [6.45, 7) is 8.24. The molecule has 0 fully saturated rings. The lowest BCUT2D eigenvalue weighted by Gasteiger charge is -2.12. The Bertz CT molecular complexity index is 392. The molecule has 4 nitrogen and oxygen atoms in total. The Morgan fingerprint density at radius 1 is 1.30 bits per heavy atom. The molecular weight excluding hydrogens is 252 g/mol. The molecule has 0 aliphatic rings. The van der Waals surface area contributed by atoms with Gasteiger partial charge < -0.3 is 20.9 Å². The van der Waals surface area contributed by atoms with Crippen molar-refractivity contribution >= 4 is 5.69 Å². The van der Waals surface area contributed by atoms with Crippen LogP contribution in [-0.2, 0) is 6.42 Å². The SMILES string of the molecule is CC(C)COc1ccc(CCCNCC(C)O)cc1N. The van der Waals surface area contributed by atoms with Crippen molar-refractivity contribution in [3.05, 3.63) is 23.8 Å². The lowest BCUT2D eigenvalue weighted by Crippen LogP contribution is -2.25. The molecule has 4 N–H and O–H groups in total. The van der Waals surface area contributed by atoms with Crippen LogP contribution in [0.2, 0.25) is 0 Å². The molecule has 1 rings (SSSR count). The standard InChI is InChI=1S/C16H28N2O2/c1-12(2)11-20-16-7-6-14(9-15(16)17)5-4-8-18-10-13(3)19/h6-7,9,12-13,18-19H,4-5,8,10-11,17H2,1-3H3. The molecule has 0 aliphatic carbocycles. The van der Waals surface area contributed by atoms with E-state index in [4.69, 9.17) is 15.6 Å². The number of hydrogen-bond acceptors (Lipinski definition) is 4. The summed E-state index contributed by atoms with van der Waals surface area (Å²) >= 11 is 0. The van der Waals surface area contributed by atoms with E-state index in [-0.39, 0.29) is 6.10 Å². The summed E-state index contributed by atoms with van der Waals surface area (Å²) in [6.07, 6.45) is 1.71. The van der Waals surface area contributed by atoms with E-state index < -0.39 is 0 Å². The first-order valence-corrected chi connectivity index (χ1v) is 7.39. The number of aryl methyl sites for hydroxylation is 1. The Kier molecular flexibility index (Phi) is 7.41. The van der Waals surface area contributed by atoms with Crippen molar-refractivity contribution in [2.45, 2.75) is 39.7 Å². The molecule has 0 radical (unpaired) electrons. The van der Waals surface area contributed by atoms with Gasteiger partial charge in [0.2, 0.25) is 0 Å².